The Kier molecular flexibility index (Phi) is 5.34. The summed E-state index contributed by atoms with van der Waals surface area (Å²) >= 11 is 5.38. The van der Waals surface area contributed by atoms with Crippen LogP contribution in [0.25, 0.3) is 10.9 Å². The van der Waals surface area contributed by atoms with E-state index in [9.17, 15) is 0 Å². The largest absolute Gasteiger partial charge is 0.396 e. The van der Waals surface area contributed by atoms with Crippen molar-refractivity contribution in [1.29, 1.82) is 0 Å². The molecular weight excluding hydrogens is 322 g/mol. The van der Waals surface area contributed by atoms with Gasteiger partial charge in [-0.3, -0.25) is 4.98 Å². The lowest BCUT2D eigenvalue weighted by atomic mass is 10.1. The monoisotopic (exact) mass is 339 g/mol. The van der Waals surface area contributed by atoms with Crippen LogP contribution in [0.2, 0.25) is 0 Å². The lowest BCUT2D eigenvalue weighted by Crippen LogP contribution is -2.06. The first kappa shape index (κ1) is 14.5. The number of pyridine rings is 1. The Morgan fingerprint density at radius 3 is 3.00 bits per heavy atom. The quantitative estimate of drug-likeness (QED) is 0.776. The molecule has 0 bridgehead atoms. The highest BCUT2D eigenvalue weighted by Crippen LogP contribution is 2.30. The van der Waals surface area contributed by atoms with Crippen molar-refractivity contribution in [3.8, 4) is 0 Å². The molecule has 0 aliphatic rings. The number of nitrogens with two attached hydrogens (primary N) is 1. The Bertz CT molecular complexity index is 554. The standard InChI is InChI=1S/C14H18BrN3S/c1-19-7-3-2-6-17-14-11-8-10(15)4-5-13(11)18-9-12(14)16/h4-5,8-9H,2-3,6-7,16H2,1H3,(H,17,18). The van der Waals surface area contributed by atoms with E-state index in [-0.39, 0.29) is 0 Å². The van der Waals surface area contributed by atoms with Crippen molar-refractivity contribution < 1.29 is 0 Å². The van der Waals surface area contributed by atoms with Crippen molar-refractivity contribution in [3.63, 3.8) is 0 Å². The molecule has 0 fully saturated rings. The van der Waals surface area contributed by atoms with Crippen LogP contribution in [0.15, 0.2) is 28.9 Å². The van der Waals surface area contributed by atoms with Gasteiger partial charge in [0.15, 0.2) is 0 Å². The highest BCUT2D eigenvalue weighted by Gasteiger charge is 2.06. The van der Waals surface area contributed by atoms with Crippen LogP contribution in [0.4, 0.5) is 11.4 Å². The minimum absolute atomic E-state index is 0.704. The van der Waals surface area contributed by atoms with Gasteiger partial charge in [0, 0.05) is 16.4 Å². The maximum absolute atomic E-state index is 6.03. The molecule has 102 valence electrons. The number of benzene rings is 1. The molecule has 0 radical (unpaired) electrons. The lowest BCUT2D eigenvalue weighted by molar-refractivity contribution is 0.844. The molecule has 1 aromatic carbocycles. The number of nitrogens with one attached hydrogen (secondary N) is 1. The van der Waals surface area contributed by atoms with Crippen LogP contribution in [0.3, 0.4) is 0 Å². The van der Waals surface area contributed by atoms with Gasteiger partial charge in [-0.05, 0) is 43.0 Å². The van der Waals surface area contributed by atoms with Gasteiger partial charge in [0.2, 0.25) is 0 Å². The average molecular weight is 340 g/mol. The van der Waals surface area contributed by atoms with Crippen LogP contribution in [0.5, 0.6) is 0 Å². The van der Waals surface area contributed by atoms with E-state index in [1.165, 1.54) is 12.2 Å². The predicted octanol–water partition coefficient (Wildman–Crippen LogP) is 4.13. The summed E-state index contributed by atoms with van der Waals surface area (Å²) in [7, 11) is 0. The Morgan fingerprint density at radius 1 is 1.37 bits per heavy atom. The molecule has 0 unspecified atom stereocenters. The summed E-state index contributed by atoms with van der Waals surface area (Å²) in [6, 6.07) is 6.05. The van der Waals surface area contributed by atoms with Crippen LogP contribution >= 0.6 is 27.7 Å². The first-order valence-electron chi connectivity index (χ1n) is 6.29. The molecule has 0 saturated carbocycles. The fourth-order valence-electron chi connectivity index (χ4n) is 1.96. The first-order chi connectivity index (χ1) is 9.22. The number of thioether (sulfide) groups is 1. The van der Waals surface area contributed by atoms with E-state index in [1.807, 2.05) is 23.9 Å². The van der Waals surface area contributed by atoms with Crippen LogP contribution in [-0.4, -0.2) is 23.5 Å². The molecule has 5 heteroatoms. The highest BCUT2D eigenvalue weighted by atomic mass is 79.9. The maximum Gasteiger partial charge on any atom is 0.0743 e. The van der Waals surface area contributed by atoms with Crippen molar-refractivity contribution in [2.45, 2.75) is 12.8 Å². The van der Waals surface area contributed by atoms with Gasteiger partial charge >= 0.3 is 0 Å². The minimum Gasteiger partial charge on any atom is -0.396 e. The van der Waals surface area contributed by atoms with Crippen molar-refractivity contribution in [2.75, 3.05) is 29.6 Å². The second-order valence-corrected chi connectivity index (χ2v) is 6.28. The predicted molar refractivity (Wildman–Crippen MR) is 90.0 cm³/mol. The molecule has 1 heterocycles. The number of aromatic nitrogens is 1. The van der Waals surface area contributed by atoms with Crippen molar-refractivity contribution in [1.82, 2.24) is 4.98 Å². The number of fused-ring (bicyclic) bond motifs is 1. The average Bonchev–Trinajstić information content (AvgIpc) is 2.40. The molecule has 1 aromatic heterocycles. The Balaban J connectivity index is 2.16. The van der Waals surface area contributed by atoms with E-state index in [0.717, 1.165) is 34.0 Å². The fourth-order valence-corrected chi connectivity index (χ4v) is 2.82. The number of halogens is 1. The van der Waals surface area contributed by atoms with Crippen LogP contribution in [0.1, 0.15) is 12.8 Å². The molecule has 19 heavy (non-hydrogen) atoms. The zero-order valence-corrected chi connectivity index (χ0v) is 13.4. The first-order valence-corrected chi connectivity index (χ1v) is 8.47. The maximum atomic E-state index is 6.03. The van der Waals surface area contributed by atoms with Gasteiger partial charge in [-0.2, -0.15) is 11.8 Å². The normalized spacial score (nSPS) is 10.8. The van der Waals surface area contributed by atoms with Gasteiger partial charge in [0.1, 0.15) is 0 Å². The van der Waals surface area contributed by atoms with Gasteiger partial charge in [-0.15, -0.1) is 0 Å². The summed E-state index contributed by atoms with van der Waals surface area (Å²) in [4.78, 5) is 4.35. The molecule has 3 N–H and O–H groups in total. The summed E-state index contributed by atoms with van der Waals surface area (Å²) < 4.78 is 1.04. The second-order valence-electron chi connectivity index (χ2n) is 4.38. The SMILES string of the molecule is CSCCCCNc1c(N)cnc2ccc(Br)cc12. The third kappa shape index (κ3) is 3.76. The van der Waals surface area contributed by atoms with E-state index in [2.05, 4.69) is 38.6 Å². The number of rotatable bonds is 6. The van der Waals surface area contributed by atoms with Gasteiger partial charge < -0.3 is 11.1 Å². The van der Waals surface area contributed by atoms with Gasteiger partial charge in [0.25, 0.3) is 0 Å². The third-order valence-electron chi connectivity index (χ3n) is 2.94. The zero-order valence-electron chi connectivity index (χ0n) is 10.9. The number of nitrogens with zero attached hydrogens (tertiary/aromatic N) is 1. The Morgan fingerprint density at radius 2 is 2.21 bits per heavy atom. The van der Waals surface area contributed by atoms with Crippen molar-refractivity contribution in [2.24, 2.45) is 0 Å². The van der Waals surface area contributed by atoms with Crippen LogP contribution < -0.4 is 11.1 Å². The van der Waals surface area contributed by atoms with Crippen molar-refractivity contribution >= 4 is 50.0 Å². The smallest absolute Gasteiger partial charge is 0.0743 e. The van der Waals surface area contributed by atoms with E-state index in [0.29, 0.717) is 5.69 Å². The molecule has 2 aromatic rings. The minimum atomic E-state index is 0.704. The molecule has 0 aliphatic carbocycles. The summed E-state index contributed by atoms with van der Waals surface area (Å²) in [5.74, 6) is 1.21. The fraction of sp³-hybridized carbons (Fsp3) is 0.357. The number of hydrogen-bond acceptors (Lipinski definition) is 4. The van der Waals surface area contributed by atoms with E-state index < -0.39 is 0 Å². The van der Waals surface area contributed by atoms with E-state index >= 15 is 0 Å². The van der Waals surface area contributed by atoms with Gasteiger partial charge in [0.05, 0.1) is 23.1 Å². The summed E-state index contributed by atoms with van der Waals surface area (Å²) in [6.45, 7) is 0.941. The molecule has 0 atom stereocenters. The van der Waals surface area contributed by atoms with E-state index in [1.54, 1.807) is 6.20 Å². The number of nitrogen functional groups attached to an aromatic ring is 1. The zero-order chi connectivity index (χ0) is 13.7. The van der Waals surface area contributed by atoms with Gasteiger partial charge in [-0.1, -0.05) is 15.9 Å². The molecule has 0 aliphatic heterocycles. The topological polar surface area (TPSA) is 50.9 Å². The Labute approximate surface area is 126 Å². The summed E-state index contributed by atoms with van der Waals surface area (Å²) in [5, 5.41) is 4.52. The van der Waals surface area contributed by atoms with Crippen molar-refractivity contribution in [3.05, 3.63) is 28.9 Å². The number of hydrogen-bond donors (Lipinski definition) is 2. The molecular formula is C14H18BrN3S. The highest BCUT2D eigenvalue weighted by molar-refractivity contribution is 9.10. The molecule has 0 amide bonds. The molecule has 2 rings (SSSR count). The van der Waals surface area contributed by atoms with Gasteiger partial charge in [-0.25, -0.2) is 0 Å². The third-order valence-corrected chi connectivity index (χ3v) is 4.13. The summed E-state index contributed by atoms with van der Waals surface area (Å²) in [6.07, 6.45) is 6.23. The molecule has 0 saturated heterocycles. The molecule has 3 nitrogen and oxygen atoms in total. The van der Waals surface area contributed by atoms with Crippen LogP contribution in [0, 0.1) is 0 Å². The molecule has 0 spiro atoms. The second kappa shape index (κ2) is 7.01. The van der Waals surface area contributed by atoms with Crippen LogP contribution in [-0.2, 0) is 0 Å². The number of anilines is 2. The number of unbranched alkanes of at least 4 members (excludes halogenated alkanes) is 1. The lowest BCUT2D eigenvalue weighted by Gasteiger charge is -2.12. The Hall–Kier alpha value is -0.940. The summed E-state index contributed by atoms with van der Waals surface area (Å²) in [5.41, 5.74) is 8.70. The van der Waals surface area contributed by atoms with E-state index in [4.69, 9.17) is 5.73 Å².